The van der Waals surface area contributed by atoms with Crippen LogP contribution in [-0.2, 0) is 9.59 Å². The summed E-state index contributed by atoms with van der Waals surface area (Å²) in [4.78, 5) is 25.3. The number of hydrogen-bond donors (Lipinski definition) is 2. The summed E-state index contributed by atoms with van der Waals surface area (Å²) in [6, 6.07) is 6.46. The van der Waals surface area contributed by atoms with Crippen molar-refractivity contribution in [3.05, 3.63) is 46.7 Å². The van der Waals surface area contributed by atoms with Crippen LogP contribution in [0.2, 0.25) is 5.02 Å². The van der Waals surface area contributed by atoms with E-state index in [0.29, 0.717) is 48.6 Å². The number of nitrogens with one attached hydrogen (secondary N) is 2. The van der Waals surface area contributed by atoms with Crippen LogP contribution in [0, 0.1) is 5.82 Å². The van der Waals surface area contributed by atoms with E-state index in [1.165, 1.54) is 25.3 Å². The Labute approximate surface area is 209 Å². The second kappa shape index (κ2) is 10.4. The van der Waals surface area contributed by atoms with E-state index in [9.17, 15) is 22.8 Å². The maximum Gasteiger partial charge on any atom is 0.573 e. The molecule has 1 unspecified atom stereocenters. The SMILES string of the molecule is COc1cc(N2CCC(c3ccc(Cl)c(OC(F)(F)F)c3)CC2)c(F)cc1NC1CCC(=O)NC1=O. The number of amides is 2. The highest BCUT2D eigenvalue weighted by molar-refractivity contribution is 6.32. The largest absolute Gasteiger partial charge is 0.573 e. The molecule has 2 aromatic carbocycles. The molecule has 2 amide bonds. The lowest BCUT2D eigenvalue weighted by Crippen LogP contribution is -2.47. The molecule has 36 heavy (non-hydrogen) atoms. The molecule has 2 aromatic rings. The second-order valence-corrected chi connectivity index (χ2v) is 9.06. The van der Waals surface area contributed by atoms with Gasteiger partial charge >= 0.3 is 6.36 Å². The first-order chi connectivity index (χ1) is 17.0. The van der Waals surface area contributed by atoms with E-state index >= 15 is 4.39 Å². The molecule has 2 N–H and O–H groups in total. The van der Waals surface area contributed by atoms with Crippen molar-refractivity contribution >= 4 is 34.8 Å². The Morgan fingerprint density at radius 2 is 1.81 bits per heavy atom. The summed E-state index contributed by atoms with van der Waals surface area (Å²) in [5.74, 6) is -1.50. The average molecular weight is 530 g/mol. The maximum absolute atomic E-state index is 15.1. The van der Waals surface area contributed by atoms with Gasteiger partial charge in [-0.3, -0.25) is 14.9 Å². The molecule has 4 rings (SSSR count). The van der Waals surface area contributed by atoms with E-state index in [4.69, 9.17) is 16.3 Å². The third-order valence-corrected chi connectivity index (χ3v) is 6.64. The fourth-order valence-corrected chi connectivity index (χ4v) is 4.67. The lowest BCUT2D eigenvalue weighted by Gasteiger charge is -2.34. The zero-order valence-electron chi connectivity index (χ0n) is 19.3. The minimum atomic E-state index is -4.85. The van der Waals surface area contributed by atoms with Crippen molar-refractivity contribution < 1.29 is 36.6 Å². The number of nitrogens with zero attached hydrogens (tertiary/aromatic N) is 1. The van der Waals surface area contributed by atoms with Crippen LogP contribution in [0.1, 0.15) is 37.2 Å². The van der Waals surface area contributed by atoms with Gasteiger partial charge in [0.2, 0.25) is 11.8 Å². The van der Waals surface area contributed by atoms with Crippen LogP contribution in [0.3, 0.4) is 0 Å². The quantitative estimate of drug-likeness (QED) is 0.405. The van der Waals surface area contributed by atoms with Crippen molar-refractivity contribution in [2.75, 3.05) is 30.4 Å². The monoisotopic (exact) mass is 529 g/mol. The van der Waals surface area contributed by atoms with Gasteiger partial charge in [-0.25, -0.2) is 4.39 Å². The van der Waals surface area contributed by atoms with Gasteiger partial charge in [-0.15, -0.1) is 13.2 Å². The molecule has 0 radical (unpaired) electrons. The minimum absolute atomic E-state index is 0.0486. The number of rotatable bonds is 6. The topological polar surface area (TPSA) is 79.9 Å². The number of carbonyl (C=O) groups is 2. The molecular formula is C24H24ClF4N3O4. The van der Waals surface area contributed by atoms with Gasteiger partial charge in [-0.2, -0.15) is 0 Å². The van der Waals surface area contributed by atoms with Crippen molar-refractivity contribution in [2.24, 2.45) is 0 Å². The zero-order chi connectivity index (χ0) is 26.0. The van der Waals surface area contributed by atoms with Gasteiger partial charge in [0.15, 0.2) is 0 Å². The van der Waals surface area contributed by atoms with Crippen molar-refractivity contribution in [1.29, 1.82) is 0 Å². The smallest absolute Gasteiger partial charge is 0.495 e. The fourth-order valence-electron chi connectivity index (χ4n) is 4.52. The van der Waals surface area contributed by atoms with E-state index in [2.05, 4.69) is 15.4 Å². The number of ether oxygens (including phenoxy) is 2. The number of halogens is 5. The molecule has 1 atom stereocenters. The molecule has 0 aromatic heterocycles. The summed E-state index contributed by atoms with van der Waals surface area (Å²) in [6.07, 6.45) is -3.23. The predicted molar refractivity (Wildman–Crippen MR) is 125 cm³/mol. The Morgan fingerprint density at radius 1 is 1.08 bits per heavy atom. The highest BCUT2D eigenvalue weighted by Gasteiger charge is 2.33. The number of alkyl halides is 3. The van der Waals surface area contributed by atoms with Gasteiger partial charge < -0.3 is 19.7 Å². The number of imide groups is 1. The summed E-state index contributed by atoms with van der Waals surface area (Å²) in [7, 11) is 1.43. The second-order valence-electron chi connectivity index (χ2n) is 8.65. The number of hydrogen-bond acceptors (Lipinski definition) is 6. The van der Waals surface area contributed by atoms with E-state index in [0.717, 1.165) is 0 Å². The van der Waals surface area contributed by atoms with Crippen molar-refractivity contribution in [3.8, 4) is 11.5 Å². The molecule has 0 bridgehead atoms. The van der Waals surface area contributed by atoms with Crippen LogP contribution in [0.5, 0.6) is 11.5 Å². The molecule has 7 nitrogen and oxygen atoms in total. The molecule has 2 heterocycles. The number of carbonyl (C=O) groups excluding carboxylic acids is 2. The summed E-state index contributed by atoms with van der Waals surface area (Å²) >= 11 is 5.85. The van der Waals surface area contributed by atoms with Crippen LogP contribution >= 0.6 is 11.6 Å². The molecule has 0 aliphatic carbocycles. The summed E-state index contributed by atoms with van der Waals surface area (Å²) in [6.45, 7) is 0.922. The molecule has 2 aliphatic heterocycles. The summed E-state index contributed by atoms with van der Waals surface area (Å²) < 4.78 is 62.5. The Bertz CT molecular complexity index is 1150. The number of methoxy groups -OCH3 is 1. The van der Waals surface area contributed by atoms with Gasteiger partial charge in [0.05, 0.1) is 23.5 Å². The number of benzene rings is 2. The van der Waals surface area contributed by atoms with Crippen molar-refractivity contribution in [3.63, 3.8) is 0 Å². The van der Waals surface area contributed by atoms with E-state index < -0.39 is 29.9 Å². The third kappa shape index (κ3) is 5.95. The summed E-state index contributed by atoms with van der Waals surface area (Å²) in [5, 5.41) is 5.06. The molecular weight excluding hydrogens is 506 g/mol. The lowest BCUT2D eigenvalue weighted by molar-refractivity contribution is -0.274. The first-order valence-electron chi connectivity index (χ1n) is 11.3. The van der Waals surface area contributed by atoms with Crippen molar-refractivity contribution in [2.45, 2.75) is 44.0 Å². The lowest BCUT2D eigenvalue weighted by atomic mass is 9.89. The van der Waals surface area contributed by atoms with Gasteiger partial charge in [-0.1, -0.05) is 17.7 Å². The molecule has 12 heteroatoms. The minimum Gasteiger partial charge on any atom is -0.495 e. The average Bonchev–Trinajstić information content (AvgIpc) is 2.82. The first-order valence-corrected chi connectivity index (χ1v) is 11.7. The standard InChI is InChI=1S/C24H24ClF4N3O4/c1-35-21-12-19(16(26)11-18(21)30-17-4-5-22(33)31-23(17)34)32-8-6-13(7-9-32)14-2-3-15(25)20(10-14)36-24(27,28)29/h2-3,10-13,17,30H,4-9H2,1H3,(H,31,33,34). The van der Waals surface area contributed by atoms with Crippen LogP contribution < -0.4 is 25.0 Å². The van der Waals surface area contributed by atoms with E-state index in [1.807, 2.05) is 4.90 Å². The molecule has 0 saturated carbocycles. The molecule has 194 valence electrons. The van der Waals surface area contributed by atoms with Gasteiger partial charge in [0.1, 0.15) is 23.4 Å². The normalized spacial score (nSPS) is 19.2. The van der Waals surface area contributed by atoms with Crippen LogP contribution in [-0.4, -0.2) is 44.4 Å². The van der Waals surface area contributed by atoms with E-state index in [-0.39, 0.29) is 29.7 Å². The van der Waals surface area contributed by atoms with Gasteiger partial charge in [-0.05, 0) is 42.9 Å². The third-order valence-electron chi connectivity index (χ3n) is 6.33. The Morgan fingerprint density at radius 3 is 2.44 bits per heavy atom. The molecule has 2 fully saturated rings. The van der Waals surface area contributed by atoms with Crippen molar-refractivity contribution in [1.82, 2.24) is 5.32 Å². The van der Waals surface area contributed by atoms with Gasteiger partial charge in [0.25, 0.3) is 0 Å². The van der Waals surface area contributed by atoms with Gasteiger partial charge in [0, 0.05) is 31.6 Å². The van der Waals surface area contributed by atoms with Crippen LogP contribution in [0.25, 0.3) is 0 Å². The summed E-state index contributed by atoms with van der Waals surface area (Å²) in [5.41, 5.74) is 1.28. The molecule has 0 spiro atoms. The molecule has 2 aliphatic rings. The molecule has 2 saturated heterocycles. The van der Waals surface area contributed by atoms with Crippen LogP contribution in [0.15, 0.2) is 30.3 Å². The fraction of sp³-hybridized carbons (Fsp3) is 0.417. The maximum atomic E-state index is 15.1. The Hall–Kier alpha value is -3.21. The highest BCUT2D eigenvalue weighted by atomic mass is 35.5. The Kier molecular flexibility index (Phi) is 7.49. The zero-order valence-corrected chi connectivity index (χ0v) is 20.0. The first kappa shape index (κ1) is 25.9. The number of anilines is 2. The van der Waals surface area contributed by atoms with E-state index in [1.54, 1.807) is 12.1 Å². The predicted octanol–water partition coefficient (Wildman–Crippen LogP) is 4.99. The number of piperidine rings is 2. The van der Waals surface area contributed by atoms with Crippen LogP contribution in [0.4, 0.5) is 28.9 Å². The Balaban J connectivity index is 1.45. The highest BCUT2D eigenvalue weighted by Crippen LogP contribution is 2.39.